The van der Waals surface area contributed by atoms with E-state index in [1.165, 1.54) is 0 Å². The highest BCUT2D eigenvalue weighted by molar-refractivity contribution is 5.49. The fraction of sp³-hybridized carbons (Fsp3) is 0.833. The summed E-state index contributed by atoms with van der Waals surface area (Å²) in [5.74, 6) is 0.0509. The molecule has 0 fully saturated rings. The second-order valence-corrected chi connectivity index (χ2v) is 2.67. The van der Waals surface area contributed by atoms with Gasteiger partial charge in [0.25, 0.3) is 0 Å². The summed E-state index contributed by atoms with van der Waals surface area (Å²) in [7, 11) is 0. The molecule has 0 aromatic carbocycles. The van der Waals surface area contributed by atoms with E-state index in [1.807, 2.05) is 6.92 Å². The maximum absolute atomic E-state index is 9.95. The molecule has 54 valence electrons. The lowest BCUT2D eigenvalue weighted by Crippen LogP contribution is -2.51. The molecule has 0 saturated carbocycles. The van der Waals surface area contributed by atoms with Gasteiger partial charge in [0.1, 0.15) is 6.29 Å². The molecule has 0 aliphatic carbocycles. The third kappa shape index (κ3) is 3.21. The molecule has 3 nitrogen and oxygen atoms in total. The first kappa shape index (κ1) is 8.59. The van der Waals surface area contributed by atoms with Gasteiger partial charge in [-0.2, -0.15) is 0 Å². The average molecular weight is 130 g/mol. The van der Waals surface area contributed by atoms with E-state index in [0.29, 0.717) is 6.42 Å². The van der Waals surface area contributed by atoms with Gasteiger partial charge >= 0.3 is 0 Å². The zero-order valence-corrected chi connectivity index (χ0v) is 5.92. The van der Waals surface area contributed by atoms with Crippen LogP contribution in [0.2, 0.25) is 0 Å². The molecule has 0 rings (SSSR count). The van der Waals surface area contributed by atoms with Gasteiger partial charge in [-0.25, -0.2) is 0 Å². The van der Waals surface area contributed by atoms with E-state index in [0.717, 1.165) is 6.29 Å². The van der Waals surface area contributed by atoms with Crippen molar-refractivity contribution >= 4 is 6.29 Å². The van der Waals surface area contributed by atoms with Gasteiger partial charge in [0.15, 0.2) is 0 Å². The average Bonchev–Trinajstić information content (AvgIpc) is 1.64. The van der Waals surface area contributed by atoms with Crippen molar-refractivity contribution in [2.75, 3.05) is 0 Å². The van der Waals surface area contributed by atoms with Crippen molar-refractivity contribution in [2.45, 2.75) is 25.9 Å². The number of carbonyl (C=O) groups excluding carboxylic acids is 1. The first-order valence-electron chi connectivity index (χ1n) is 3.00. The van der Waals surface area contributed by atoms with Gasteiger partial charge in [-0.15, -0.1) is 0 Å². The van der Waals surface area contributed by atoms with Crippen LogP contribution in [0.4, 0.5) is 0 Å². The van der Waals surface area contributed by atoms with Crippen LogP contribution >= 0.6 is 0 Å². The summed E-state index contributed by atoms with van der Waals surface area (Å²) in [6, 6.07) is 0. The fourth-order valence-corrected chi connectivity index (χ4v) is 0.398. The lowest BCUT2D eigenvalue weighted by atomic mass is 9.95. The highest BCUT2D eigenvalue weighted by Gasteiger charge is 2.19. The van der Waals surface area contributed by atoms with Crippen LogP contribution in [0.25, 0.3) is 0 Å². The monoisotopic (exact) mass is 130 g/mol. The van der Waals surface area contributed by atoms with Crippen LogP contribution in [0, 0.1) is 5.92 Å². The maximum Gasteiger partial charge on any atom is 0.120 e. The Labute approximate surface area is 55.4 Å². The van der Waals surface area contributed by atoms with Gasteiger partial charge in [-0.1, -0.05) is 6.92 Å². The number of rotatable bonds is 3. The molecule has 3 heteroatoms. The molecule has 0 aliphatic heterocycles. The van der Waals surface area contributed by atoms with E-state index in [4.69, 9.17) is 11.5 Å². The standard InChI is InChI=1S/C6H14N2O/c1-5(3-4-9)6(2,7)8/h4-5H,3,7-8H2,1-2H3. The van der Waals surface area contributed by atoms with E-state index in [9.17, 15) is 4.79 Å². The van der Waals surface area contributed by atoms with Crippen LogP contribution in [0.5, 0.6) is 0 Å². The summed E-state index contributed by atoms with van der Waals surface area (Å²) >= 11 is 0. The van der Waals surface area contributed by atoms with Crippen molar-refractivity contribution in [1.29, 1.82) is 0 Å². The van der Waals surface area contributed by atoms with Crippen molar-refractivity contribution < 1.29 is 4.79 Å². The van der Waals surface area contributed by atoms with Crippen molar-refractivity contribution in [1.82, 2.24) is 0 Å². The van der Waals surface area contributed by atoms with E-state index in [-0.39, 0.29) is 5.92 Å². The Hall–Kier alpha value is -0.410. The molecular formula is C6H14N2O. The van der Waals surface area contributed by atoms with Crippen molar-refractivity contribution in [3.05, 3.63) is 0 Å². The number of hydrogen-bond acceptors (Lipinski definition) is 3. The minimum absolute atomic E-state index is 0.0509. The Morgan fingerprint density at radius 2 is 2.11 bits per heavy atom. The van der Waals surface area contributed by atoms with Crippen molar-refractivity contribution in [3.8, 4) is 0 Å². The van der Waals surface area contributed by atoms with E-state index < -0.39 is 5.66 Å². The Morgan fingerprint density at radius 3 is 2.22 bits per heavy atom. The molecule has 0 aromatic rings. The second-order valence-electron chi connectivity index (χ2n) is 2.67. The van der Waals surface area contributed by atoms with Crippen molar-refractivity contribution in [2.24, 2.45) is 17.4 Å². The van der Waals surface area contributed by atoms with Crippen LogP contribution < -0.4 is 11.5 Å². The zero-order chi connectivity index (χ0) is 7.49. The molecule has 0 spiro atoms. The van der Waals surface area contributed by atoms with Crippen LogP contribution in [-0.4, -0.2) is 11.9 Å². The van der Waals surface area contributed by atoms with Crippen LogP contribution in [0.15, 0.2) is 0 Å². The predicted molar refractivity (Wildman–Crippen MR) is 36.6 cm³/mol. The third-order valence-electron chi connectivity index (χ3n) is 1.51. The molecule has 1 atom stereocenters. The van der Waals surface area contributed by atoms with Crippen molar-refractivity contribution in [3.63, 3.8) is 0 Å². The highest BCUT2D eigenvalue weighted by Crippen LogP contribution is 2.09. The number of carbonyl (C=O) groups is 1. The lowest BCUT2D eigenvalue weighted by Gasteiger charge is -2.24. The SMILES string of the molecule is CC(CC=O)C(C)(N)N. The summed E-state index contributed by atoms with van der Waals surface area (Å²) in [6.07, 6.45) is 1.27. The number of nitrogens with two attached hydrogens (primary N) is 2. The molecule has 1 unspecified atom stereocenters. The van der Waals surface area contributed by atoms with Crippen LogP contribution in [0.3, 0.4) is 0 Å². The molecule has 0 aromatic heterocycles. The van der Waals surface area contributed by atoms with E-state index >= 15 is 0 Å². The second kappa shape index (κ2) is 2.94. The molecule has 0 aliphatic rings. The first-order chi connectivity index (χ1) is 3.98. The molecule has 0 saturated heterocycles. The molecule has 0 bridgehead atoms. The Balaban J connectivity index is 3.72. The van der Waals surface area contributed by atoms with Gasteiger partial charge < -0.3 is 16.3 Å². The fourth-order valence-electron chi connectivity index (χ4n) is 0.398. The molecule has 9 heavy (non-hydrogen) atoms. The Kier molecular flexibility index (Phi) is 2.81. The summed E-state index contributed by atoms with van der Waals surface area (Å²) in [5.41, 5.74) is 10.2. The molecule has 0 radical (unpaired) electrons. The lowest BCUT2D eigenvalue weighted by molar-refractivity contribution is -0.108. The van der Waals surface area contributed by atoms with E-state index in [1.54, 1.807) is 6.92 Å². The van der Waals surface area contributed by atoms with Gasteiger partial charge in [-0.3, -0.25) is 0 Å². The number of aldehydes is 1. The van der Waals surface area contributed by atoms with Gasteiger partial charge in [0.2, 0.25) is 0 Å². The molecular weight excluding hydrogens is 116 g/mol. The normalized spacial score (nSPS) is 15.1. The number of hydrogen-bond donors (Lipinski definition) is 2. The Bertz CT molecular complexity index is 95.7. The smallest absolute Gasteiger partial charge is 0.120 e. The Morgan fingerprint density at radius 1 is 1.67 bits per heavy atom. The largest absolute Gasteiger partial charge is 0.313 e. The zero-order valence-electron chi connectivity index (χ0n) is 5.92. The summed E-state index contributed by atoms with van der Waals surface area (Å²) in [5, 5.41) is 0. The van der Waals surface area contributed by atoms with Gasteiger partial charge in [-0.05, 0) is 12.8 Å². The third-order valence-corrected chi connectivity index (χ3v) is 1.51. The molecule has 0 heterocycles. The summed E-state index contributed by atoms with van der Waals surface area (Å²) in [4.78, 5) is 9.95. The summed E-state index contributed by atoms with van der Waals surface area (Å²) < 4.78 is 0. The van der Waals surface area contributed by atoms with Gasteiger partial charge in [0, 0.05) is 6.42 Å². The van der Waals surface area contributed by atoms with Gasteiger partial charge in [0.05, 0.1) is 5.66 Å². The molecule has 0 amide bonds. The topological polar surface area (TPSA) is 69.1 Å². The van der Waals surface area contributed by atoms with Crippen LogP contribution in [0.1, 0.15) is 20.3 Å². The summed E-state index contributed by atoms with van der Waals surface area (Å²) in [6.45, 7) is 3.57. The first-order valence-corrected chi connectivity index (χ1v) is 3.00. The minimum Gasteiger partial charge on any atom is -0.313 e. The molecule has 4 N–H and O–H groups in total. The van der Waals surface area contributed by atoms with Crippen LogP contribution in [-0.2, 0) is 4.79 Å². The maximum atomic E-state index is 9.95. The quantitative estimate of drug-likeness (QED) is 0.412. The minimum atomic E-state index is -0.721. The predicted octanol–water partition coefficient (Wildman–Crippen LogP) is -0.155. The highest BCUT2D eigenvalue weighted by atomic mass is 16.1. The van der Waals surface area contributed by atoms with E-state index in [2.05, 4.69) is 0 Å².